The van der Waals surface area contributed by atoms with Gasteiger partial charge in [0, 0.05) is 36.5 Å². The van der Waals surface area contributed by atoms with E-state index in [4.69, 9.17) is 9.84 Å². The number of ketones is 2. The number of unbranched alkanes of at least 4 members (excludes halogenated alkanes) is 1. The van der Waals surface area contributed by atoms with Gasteiger partial charge in [-0.1, -0.05) is 37.3 Å². The summed E-state index contributed by atoms with van der Waals surface area (Å²) in [4.78, 5) is 25.2. The summed E-state index contributed by atoms with van der Waals surface area (Å²) >= 11 is 0. The van der Waals surface area contributed by atoms with Crippen LogP contribution in [0.2, 0.25) is 0 Å². The summed E-state index contributed by atoms with van der Waals surface area (Å²) in [6, 6.07) is 13.6. The monoisotopic (exact) mass is 366 g/mol. The molecular formula is C23H26O4. The predicted molar refractivity (Wildman–Crippen MR) is 105 cm³/mol. The van der Waals surface area contributed by atoms with E-state index in [0.29, 0.717) is 42.6 Å². The summed E-state index contributed by atoms with van der Waals surface area (Å²) in [5.41, 5.74) is 3.09. The van der Waals surface area contributed by atoms with E-state index in [1.165, 1.54) is 0 Å². The minimum absolute atomic E-state index is 0.00256. The number of rotatable bonds is 8. The molecule has 27 heavy (non-hydrogen) atoms. The lowest BCUT2D eigenvalue weighted by Crippen LogP contribution is -2.15. The third kappa shape index (κ3) is 3.96. The van der Waals surface area contributed by atoms with Gasteiger partial charge in [-0.15, -0.1) is 0 Å². The number of aliphatic hydroxyl groups excluding tert-OH is 1. The number of ether oxygens (including phenoxy) is 1. The van der Waals surface area contributed by atoms with Crippen molar-refractivity contribution in [3.8, 4) is 5.75 Å². The van der Waals surface area contributed by atoms with Crippen LogP contribution in [-0.2, 0) is 0 Å². The Balaban J connectivity index is 2.06. The average Bonchev–Trinajstić information content (AvgIpc) is 3.03. The van der Waals surface area contributed by atoms with Gasteiger partial charge < -0.3 is 9.84 Å². The topological polar surface area (TPSA) is 63.6 Å². The summed E-state index contributed by atoms with van der Waals surface area (Å²) in [6.07, 6.45) is 1.86. The SMILES string of the molecule is CCC(=O)c1cc(C(=O)CCCCO)cc2c1O[C@H](C)[C@H]2c1ccccc1. The van der Waals surface area contributed by atoms with Gasteiger partial charge in [-0.3, -0.25) is 9.59 Å². The van der Waals surface area contributed by atoms with Crippen molar-refractivity contribution >= 4 is 11.6 Å². The normalized spacial score (nSPS) is 18.0. The molecule has 0 aliphatic carbocycles. The molecule has 0 aromatic heterocycles. The molecule has 2 atom stereocenters. The highest BCUT2D eigenvalue weighted by atomic mass is 16.5. The predicted octanol–water partition coefficient (Wildman–Crippen LogP) is 4.54. The first-order valence-electron chi connectivity index (χ1n) is 9.63. The molecule has 2 aromatic carbocycles. The summed E-state index contributed by atoms with van der Waals surface area (Å²) < 4.78 is 6.10. The van der Waals surface area contributed by atoms with Gasteiger partial charge in [0.2, 0.25) is 0 Å². The minimum atomic E-state index is -0.106. The minimum Gasteiger partial charge on any atom is -0.489 e. The van der Waals surface area contributed by atoms with Gasteiger partial charge in [-0.2, -0.15) is 0 Å². The molecule has 1 aliphatic rings. The summed E-state index contributed by atoms with van der Waals surface area (Å²) in [5, 5.41) is 8.94. The van der Waals surface area contributed by atoms with E-state index in [1.807, 2.05) is 38.1 Å². The zero-order valence-electron chi connectivity index (χ0n) is 15.9. The maximum absolute atomic E-state index is 12.7. The third-order valence-electron chi connectivity index (χ3n) is 5.14. The average molecular weight is 366 g/mol. The van der Waals surface area contributed by atoms with Crippen LogP contribution >= 0.6 is 0 Å². The van der Waals surface area contributed by atoms with Gasteiger partial charge in [-0.05, 0) is 37.5 Å². The third-order valence-corrected chi connectivity index (χ3v) is 5.14. The van der Waals surface area contributed by atoms with Crippen molar-refractivity contribution in [1.29, 1.82) is 0 Å². The number of carbonyl (C=O) groups excluding carboxylic acids is 2. The highest BCUT2D eigenvalue weighted by Crippen LogP contribution is 2.45. The summed E-state index contributed by atoms with van der Waals surface area (Å²) in [5.74, 6) is 0.602. The zero-order chi connectivity index (χ0) is 19.4. The lowest BCUT2D eigenvalue weighted by molar-refractivity contribution is 0.0977. The Kier molecular flexibility index (Phi) is 6.07. The lowest BCUT2D eigenvalue weighted by atomic mass is 9.85. The van der Waals surface area contributed by atoms with Crippen molar-refractivity contribution in [1.82, 2.24) is 0 Å². The number of carbonyl (C=O) groups is 2. The molecule has 0 amide bonds. The standard InChI is InChI=1S/C23H26O4/c1-3-20(25)18-13-17(21(26)11-7-8-12-24)14-19-22(15(2)27-23(18)19)16-9-5-4-6-10-16/h4-6,9-10,13-15,22,24H,3,7-8,11-12H2,1-2H3/t15-,22+/m1/s1. The quantitative estimate of drug-likeness (QED) is 0.550. The highest BCUT2D eigenvalue weighted by Gasteiger charge is 2.36. The highest BCUT2D eigenvalue weighted by molar-refractivity contribution is 6.04. The largest absolute Gasteiger partial charge is 0.489 e. The van der Waals surface area contributed by atoms with E-state index in [0.717, 1.165) is 11.1 Å². The summed E-state index contributed by atoms with van der Waals surface area (Å²) in [7, 11) is 0. The first kappa shape index (κ1) is 19.3. The molecule has 0 fully saturated rings. The van der Waals surface area contributed by atoms with Crippen molar-refractivity contribution in [3.05, 3.63) is 64.7 Å². The number of hydrogen-bond acceptors (Lipinski definition) is 4. The molecule has 1 N–H and O–H groups in total. The van der Waals surface area contributed by atoms with E-state index in [2.05, 4.69) is 12.1 Å². The van der Waals surface area contributed by atoms with Crippen molar-refractivity contribution in [2.24, 2.45) is 0 Å². The van der Waals surface area contributed by atoms with Crippen molar-refractivity contribution in [2.75, 3.05) is 6.61 Å². The van der Waals surface area contributed by atoms with Gasteiger partial charge in [-0.25, -0.2) is 0 Å². The van der Waals surface area contributed by atoms with Crippen LogP contribution in [0.1, 0.15) is 77.3 Å². The number of hydrogen-bond donors (Lipinski definition) is 1. The van der Waals surface area contributed by atoms with Gasteiger partial charge in [0.05, 0.1) is 5.56 Å². The lowest BCUT2D eigenvalue weighted by Gasteiger charge is -2.15. The molecule has 2 aromatic rings. The van der Waals surface area contributed by atoms with Crippen LogP contribution in [0.15, 0.2) is 42.5 Å². The Morgan fingerprint density at radius 3 is 2.48 bits per heavy atom. The number of aliphatic hydroxyl groups is 1. The fraction of sp³-hybridized carbons (Fsp3) is 0.391. The Morgan fingerprint density at radius 1 is 1.07 bits per heavy atom. The second-order valence-electron chi connectivity index (χ2n) is 7.03. The molecular weight excluding hydrogens is 340 g/mol. The molecule has 142 valence electrons. The Labute approximate surface area is 160 Å². The summed E-state index contributed by atoms with van der Waals surface area (Å²) in [6.45, 7) is 3.90. The van der Waals surface area contributed by atoms with E-state index in [-0.39, 0.29) is 30.2 Å². The molecule has 3 rings (SSSR count). The molecule has 0 unspecified atom stereocenters. The van der Waals surface area contributed by atoms with E-state index >= 15 is 0 Å². The molecule has 0 saturated carbocycles. The van der Waals surface area contributed by atoms with E-state index in [9.17, 15) is 9.59 Å². The van der Waals surface area contributed by atoms with Crippen molar-refractivity contribution < 1.29 is 19.4 Å². The molecule has 0 spiro atoms. The van der Waals surface area contributed by atoms with Crippen LogP contribution in [0.3, 0.4) is 0 Å². The first-order valence-corrected chi connectivity index (χ1v) is 9.63. The fourth-order valence-corrected chi connectivity index (χ4v) is 3.73. The van der Waals surface area contributed by atoms with Crippen LogP contribution in [0, 0.1) is 0 Å². The number of benzene rings is 2. The second kappa shape index (κ2) is 8.49. The Bertz CT molecular complexity index is 826. The Morgan fingerprint density at radius 2 is 1.81 bits per heavy atom. The van der Waals surface area contributed by atoms with Crippen LogP contribution in [0.25, 0.3) is 0 Å². The Hall–Kier alpha value is -2.46. The maximum Gasteiger partial charge on any atom is 0.166 e. The van der Waals surface area contributed by atoms with Crippen LogP contribution in [-0.4, -0.2) is 29.4 Å². The molecule has 4 nitrogen and oxygen atoms in total. The van der Waals surface area contributed by atoms with Crippen LogP contribution < -0.4 is 4.74 Å². The van der Waals surface area contributed by atoms with Crippen LogP contribution in [0.5, 0.6) is 5.75 Å². The van der Waals surface area contributed by atoms with E-state index in [1.54, 1.807) is 6.07 Å². The van der Waals surface area contributed by atoms with Crippen LogP contribution in [0.4, 0.5) is 0 Å². The molecule has 1 aliphatic heterocycles. The number of Topliss-reactive ketones (excluding diaryl/α,β-unsaturated/α-hetero) is 2. The maximum atomic E-state index is 12.7. The first-order chi connectivity index (χ1) is 13.1. The van der Waals surface area contributed by atoms with Gasteiger partial charge in [0.15, 0.2) is 11.6 Å². The smallest absolute Gasteiger partial charge is 0.166 e. The van der Waals surface area contributed by atoms with E-state index < -0.39 is 0 Å². The molecule has 0 radical (unpaired) electrons. The molecule has 4 heteroatoms. The molecule has 0 saturated heterocycles. The van der Waals surface area contributed by atoms with Gasteiger partial charge in [0.25, 0.3) is 0 Å². The van der Waals surface area contributed by atoms with Gasteiger partial charge in [0.1, 0.15) is 11.9 Å². The molecule has 0 bridgehead atoms. The van der Waals surface area contributed by atoms with Crippen molar-refractivity contribution in [3.63, 3.8) is 0 Å². The fourth-order valence-electron chi connectivity index (χ4n) is 3.73. The number of fused-ring (bicyclic) bond motifs is 1. The van der Waals surface area contributed by atoms with Gasteiger partial charge >= 0.3 is 0 Å². The van der Waals surface area contributed by atoms with Crippen molar-refractivity contribution in [2.45, 2.75) is 51.6 Å². The second-order valence-corrected chi connectivity index (χ2v) is 7.03. The zero-order valence-corrected chi connectivity index (χ0v) is 15.9. The molecule has 1 heterocycles.